The second-order valence-electron chi connectivity index (χ2n) is 7.05. The van der Waals surface area contributed by atoms with Crippen LogP contribution in [0.3, 0.4) is 0 Å². The summed E-state index contributed by atoms with van der Waals surface area (Å²) in [5.74, 6) is 1.04. The number of rotatable bonds is 4. The lowest BCUT2D eigenvalue weighted by molar-refractivity contribution is 0.0929. The van der Waals surface area contributed by atoms with E-state index in [1.807, 2.05) is 18.7 Å². The van der Waals surface area contributed by atoms with Crippen LogP contribution < -0.4 is 4.74 Å². The summed E-state index contributed by atoms with van der Waals surface area (Å²) in [6.45, 7) is 10.5. The highest BCUT2D eigenvalue weighted by Gasteiger charge is 2.20. The third kappa shape index (κ3) is 3.50. The molecule has 0 N–H and O–H groups in total. The quantitative estimate of drug-likeness (QED) is 0.866. The smallest absolute Gasteiger partial charge is 0.142 e. The third-order valence-corrected chi connectivity index (χ3v) is 4.17. The van der Waals surface area contributed by atoms with Gasteiger partial charge in [-0.15, -0.1) is 0 Å². The molecule has 0 atom stereocenters. The molecule has 1 aromatic carbocycles. The number of fused-ring (bicyclic) bond motifs is 1. The van der Waals surface area contributed by atoms with Gasteiger partial charge in [0.2, 0.25) is 0 Å². The highest BCUT2D eigenvalue weighted by molar-refractivity contribution is 5.40. The molecule has 0 saturated carbocycles. The monoisotopic (exact) mass is 299 g/mol. The van der Waals surface area contributed by atoms with Crippen molar-refractivity contribution in [3.05, 3.63) is 48.0 Å². The van der Waals surface area contributed by atoms with E-state index in [0.29, 0.717) is 6.73 Å². The van der Waals surface area contributed by atoms with E-state index in [9.17, 15) is 0 Å². The molecule has 4 nitrogen and oxygen atoms in total. The predicted octanol–water partition coefficient (Wildman–Crippen LogP) is 3.42. The summed E-state index contributed by atoms with van der Waals surface area (Å²) in [7, 11) is 0. The lowest BCUT2D eigenvalue weighted by Gasteiger charge is -2.30. The highest BCUT2D eigenvalue weighted by Crippen LogP contribution is 2.31. The van der Waals surface area contributed by atoms with Crippen molar-refractivity contribution in [2.75, 3.05) is 13.3 Å². The average Bonchev–Trinajstić information content (AvgIpc) is 2.99. The summed E-state index contributed by atoms with van der Waals surface area (Å²) in [6.07, 6.45) is 6.82. The molecule has 1 aliphatic rings. The van der Waals surface area contributed by atoms with Gasteiger partial charge in [0.25, 0.3) is 0 Å². The van der Waals surface area contributed by atoms with Gasteiger partial charge in [0.1, 0.15) is 12.5 Å². The second kappa shape index (κ2) is 6.13. The Bertz CT molecular complexity index is 614. The minimum Gasteiger partial charge on any atom is -0.478 e. The van der Waals surface area contributed by atoms with Crippen molar-refractivity contribution in [2.45, 2.75) is 45.7 Å². The molecule has 2 aromatic rings. The minimum atomic E-state index is 0.179. The van der Waals surface area contributed by atoms with Crippen LogP contribution in [0.2, 0.25) is 0 Å². The molecule has 118 valence electrons. The number of imidazole rings is 1. The number of hydrogen-bond acceptors (Lipinski definition) is 3. The Hall–Kier alpha value is -1.81. The fourth-order valence-electron chi connectivity index (χ4n) is 2.80. The van der Waals surface area contributed by atoms with E-state index in [-0.39, 0.29) is 5.41 Å². The first-order valence-electron chi connectivity index (χ1n) is 7.97. The molecule has 0 fully saturated rings. The molecule has 1 aliphatic heterocycles. The van der Waals surface area contributed by atoms with Crippen molar-refractivity contribution < 1.29 is 4.74 Å². The summed E-state index contributed by atoms with van der Waals surface area (Å²) in [5, 5.41) is 0. The van der Waals surface area contributed by atoms with Crippen molar-refractivity contribution in [1.29, 1.82) is 0 Å². The third-order valence-electron chi connectivity index (χ3n) is 4.17. The van der Waals surface area contributed by atoms with Gasteiger partial charge in [0.15, 0.2) is 0 Å². The van der Waals surface area contributed by atoms with Crippen LogP contribution in [-0.2, 0) is 18.5 Å². The first-order chi connectivity index (χ1) is 10.5. The number of benzene rings is 1. The largest absolute Gasteiger partial charge is 0.478 e. The highest BCUT2D eigenvalue weighted by atomic mass is 16.5. The molecule has 4 heteroatoms. The van der Waals surface area contributed by atoms with E-state index in [4.69, 9.17) is 4.74 Å². The molecule has 3 rings (SSSR count). The van der Waals surface area contributed by atoms with Gasteiger partial charge in [-0.3, -0.25) is 4.90 Å². The molecule has 0 unspecified atom stereocenters. The van der Waals surface area contributed by atoms with Gasteiger partial charge in [-0.2, -0.15) is 0 Å². The standard InChI is InChI=1S/C18H25N3O/c1-18(2,3)16-5-6-17-15(11-16)12-21(14-22-17)9-4-8-20-10-7-19-13-20/h5-7,10-11,13H,4,8-9,12,14H2,1-3H3. The zero-order valence-corrected chi connectivity index (χ0v) is 13.7. The first-order valence-corrected chi connectivity index (χ1v) is 7.97. The Morgan fingerprint density at radius 2 is 2.09 bits per heavy atom. The van der Waals surface area contributed by atoms with Gasteiger partial charge < -0.3 is 9.30 Å². The number of nitrogens with zero attached hydrogens (tertiary/aromatic N) is 3. The summed E-state index contributed by atoms with van der Waals surface area (Å²) in [6, 6.07) is 6.61. The Balaban J connectivity index is 1.60. The van der Waals surface area contributed by atoms with Crippen LogP contribution >= 0.6 is 0 Å². The van der Waals surface area contributed by atoms with Crippen LogP contribution in [0.5, 0.6) is 5.75 Å². The van der Waals surface area contributed by atoms with Crippen molar-refractivity contribution in [3.8, 4) is 5.75 Å². The molecular weight excluding hydrogens is 274 g/mol. The van der Waals surface area contributed by atoms with Crippen molar-refractivity contribution in [3.63, 3.8) is 0 Å². The summed E-state index contributed by atoms with van der Waals surface area (Å²) in [5.41, 5.74) is 2.86. The maximum atomic E-state index is 5.90. The van der Waals surface area contributed by atoms with Gasteiger partial charge in [0.05, 0.1) is 6.33 Å². The van der Waals surface area contributed by atoms with E-state index in [1.54, 1.807) is 0 Å². The van der Waals surface area contributed by atoms with Gasteiger partial charge in [-0.25, -0.2) is 4.98 Å². The molecule has 0 saturated heterocycles. The number of ether oxygens (including phenoxy) is 1. The lowest BCUT2D eigenvalue weighted by Crippen LogP contribution is -2.33. The second-order valence-corrected chi connectivity index (χ2v) is 7.05. The summed E-state index contributed by atoms with van der Waals surface area (Å²) >= 11 is 0. The van der Waals surface area contributed by atoms with Crippen LogP contribution in [0.25, 0.3) is 0 Å². The fourth-order valence-corrected chi connectivity index (χ4v) is 2.80. The molecule has 0 spiro atoms. The SMILES string of the molecule is CC(C)(C)c1ccc2c(c1)CN(CCCn1ccnc1)CO2. The van der Waals surface area contributed by atoms with Gasteiger partial charge in [-0.1, -0.05) is 32.9 Å². The Kier molecular flexibility index (Phi) is 4.21. The van der Waals surface area contributed by atoms with Crippen LogP contribution in [-0.4, -0.2) is 27.7 Å². The molecule has 0 bridgehead atoms. The van der Waals surface area contributed by atoms with Crippen LogP contribution in [0.15, 0.2) is 36.9 Å². The van der Waals surface area contributed by atoms with Gasteiger partial charge >= 0.3 is 0 Å². The Morgan fingerprint density at radius 3 is 2.82 bits per heavy atom. The maximum absolute atomic E-state index is 5.90. The fraction of sp³-hybridized carbons (Fsp3) is 0.500. The van der Waals surface area contributed by atoms with E-state index in [2.05, 4.69) is 53.4 Å². The molecule has 2 heterocycles. The number of aromatic nitrogens is 2. The van der Waals surface area contributed by atoms with E-state index < -0.39 is 0 Å². The van der Waals surface area contributed by atoms with Crippen molar-refractivity contribution in [2.24, 2.45) is 0 Å². The topological polar surface area (TPSA) is 30.3 Å². The molecule has 0 radical (unpaired) electrons. The maximum Gasteiger partial charge on any atom is 0.142 e. The van der Waals surface area contributed by atoms with Gasteiger partial charge in [-0.05, 0) is 23.5 Å². The minimum absolute atomic E-state index is 0.179. The Morgan fingerprint density at radius 1 is 1.23 bits per heavy atom. The van der Waals surface area contributed by atoms with Crippen LogP contribution in [0, 0.1) is 0 Å². The normalized spacial score (nSPS) is 15.4. The molecule has 22 heavy (non-hydrogen) atoms. The number of aryl methyl sites for hydroxylation is 1. The van der Waals surface area contributed by atoms with Gasteiger partial charge in [0, 0.05) is 37.6 Å². The Labute approximate surface area is 132 Å². The van der Waals surface area contributed by atoms with Crippen molar-refractivity contribution >= 4 is 0 Å². The predicted molar refractivity (Wildman–Crippen MR) is 87.9 cm³/mol. The average molecular weight is 299 g/mol. The molecular formula is C18H25N3O. The van der Waals surface area contributed by atoms with Crippen LogP contribution in [0.4, 0.5) is 0 Å². The number of hydrogen-bond donors (Lipinski definition) is 0. The van der Waals surface area contributed by atoms with E-state index in [0.717, 1.165) is 31.8 Å². The summed E-state index contributed by atoms with van der Waals surface area (Å²) < 4.78 is 8.02. The first kappa shape index (κ1) is 15.1. The molecule has 0 aliphatic carbocycles. The zero-order valence-electron chi connectivity index (χ0n) is 13.7. The zero-order chi connectivity index (χ0) is 15.6. The van der Waals surface area contributed by atoms with E-state index in [1.165, 1.54) is 11.1 Å². The molecule has 1 aromatic heterocycles. The molecule has 0 amide bonds. The van der Waals surface area contributed by atoms with Crippen molar-refractivity contribution in [1.82, 2.24) is 14.5 Å². The summed E-state index contributed by atoms with van der Waals surface area (Å²) in [4.78, 5) is 6.44. The lowest BCUT2D eigenvalue weighted by atomic mass is 9.86. The van der Waals surface area contributed by atoms with Crippen LogP contribution in [0.1, 0.15) is 38.3 Å². The van der Waals surface area contributed by atoms with E-state index >= 15 is 0 Å².